The normalized spacial score (nSPS) is 9.81. The number of hydrogen-bond donors (Lipinski definition) is 0. The van der Waals surface area contributed by atoms with Crippen LogP contribution in [-0.4, -0.2) is 4.57 Å². The Bertz CT molecular complexity index is 798. The van der Waals surface area contributed by atoms with Crippen LogP contribution in [0.2, 0.25) is 0 Å². The third-order valence-electron chi connectivity index (χ3n) is 3.42. The van der Waals surface area contributed by atoms with Gasteiger partial charge >= 0.3 is 0 Å². The van der Waals surface area contributed by atoms with Crippen LogP contribution in [0.25, 0.3) is 11.8 Å². The van der Waals surface area contributed by atoms with Gasteiger partial charge in [-0.25, -0.2) is 0 Å². The van der Waals surface area contributed by atoms with E-state index in [0.717, 1.165) is 22.6 Å². The predicted octanol–water partition coefficient (Wildman–Crippen LogP) is 4.44. The summed E-state index contributed by atoms with van der Waals surface area (Å²) in [6, 6.07) is 12.1. The van der Waals surface area contributed by atoms with Crippen LogP contribution in [0.15, 0.2) is 29.8 Å². The predicted molar refractivity (Wildman–Crippen MR) is 91.9 cm³/mol. The number of nitriles is 2. The van der Waals surface area contributed by atoms with Crippen molar-refractivity contribution >= 4 is 28.7 Å². The van der Waals surface area contributed by atoms with Gasteiger partial charge in [0.05, 0.1) is 0 Å². The summed E-state index contributed by atoms with van der Waals surface area (Å²) in [4.78, 5) is 0. The summed E-state index contributed by atoms with van der Waals surface area (Å²) in [5.74, 6) is 0. The van der Waals surface area contributed by atoms with E-state index < -0.39 is 0 Å². The van der Waals surface area contributed by atoms with Crippen LogP contribution < -0.4 is 0 Å². The van der Waals surface area contributed by atoms with Crippen molar-refractivity contribution in [2.75, 3.05) is 0 Å². The molecule has 1 aromatic carbocycles. The summed E-state index contributed by atoms with van der Waals surface area (Å²) in [5.41, 5.74) is 5.46. The Morgan fingerprint density at radius 2 is 1.81 bits per heavy atom. The molecule has 0 aliphatic carbocycles. The monoisotopic (exact) mass is 387 g/mol. The molecular weight excluding hydrogens is 373 g/mol. The molecule has 0 radical (unpaired) electrons. The molecule has 0 unspecified atom stereocenters. The second kappa shape index (κ2) is 6.15. The molecule has 1 heterocycles. The van der Waals surface area contributed by atoms with Crippen molar-refractivity contribution in [1.82, 2.24) is 4.57 Å². The molecular formula is C17H14IN3. The van der Waals surface area contributed by atoms with Gasteiger partial charge in [0.2, 0.25) is 0 Å². The first-order chi connectivity index (χ1) is 9.97. The fraction of sp³-hybridized carbons (Fsp3) is 0.176. The molecule has 0 bridgehead atoms. The second-order valence-electron chi connectivity index (χ2n) is 4.88. The lowest BCUT2D eigenvalue weighted by atomic mass is 10.1. The molecule has 0 aliphatic rings. The van der Waals surface area contributed by atoms with Crippen molar-refractivity contribution in [2.45, 2.75) is 20.8 Å². The summed E-state index contributed by atoms with van der Waals surface area (Å²) in [6.07, 6.45) is 1.64. The molecule has 104 valence electrons. The maximum atomic E-state index is 8.89. The Balaban J connectivity index is 2.60. The molecule has 0 saturated carbocycles. The molecule has 21 heavy (non-hydrogen) atoms. The molecule has 0 amide bonds. The summed E-state index contributed by atoms with van der Waals surface area (Å²) in [7, 11) is 0. The zero-order valence-electron chi connectivity index (χ0n) is 12.1. The van der Waals surface area contributed by atoms with E-state index in [9.17, 15) is 0 Å². The number of allylic oxidation sites excluding steroid dienone is 1. The van der Waals surface area contributed by atoms with Gasteiger partial charge in [0.15, 0.2) is 0 Å². The van der Waals surface area contributed by atoms with Gasteiger partial charge in [-0.15, -0.1) is 0 Å². The van der Waals surface area contributed by atoms with Crippen molar-refractivity contribution in [3.05, 3.63) is 55.9 Å². The lowest BCUT2D eigenvalue weighted by Crippen LogP contribution is -2.00. The molecule has 0 atom stereocenters. The number of benzene rings is 1. The van der Waals surface area contributed by atoms with Gasteiger partial charge < -0.3 is 4.57 Å². The van der Waals surface area contributed by atoms with Crippen LogP contribution in [0.4, 0.5) is 0 Å². The maximum Gasteiger partial charge on any atom is 0.130 e. The third kappa shape index (κ3) is 3.01. The Morgan fingerprint density at radius 1 is 1.14 bits per heavy atom. The van der Waals surface area contributed by atoms with Crippen molar-refractivity contribution in [3.8, 4) is 17.8 Å². The van der Waals surface area contributed by atoms with Gasteiger partial charge in [-0.05, 0) is 78.8 Å². The number of halogens is 1. The fourth-order valence-electron chi connectivity index (χ4n) is 2.30. The van der Waals surface area contributed by atoms with Crippen LogP contribution in [0.1, 0.15) is 22.5 Å². The summed E-state index contributed by atoms with van der Waals surface area (Å²) in [6.45, 7) is 6.11. The quantitative estimate of drug-likeness (QED) is 0.565. The molecule has 4 heteroatoms. The van der Waals surface area contributed by atoms with E-state index in [1.165, 1.54) is 9.13 Å². The van der Waals surface area contributed by atoms with E-state index >= 15 is 0 Å². The molecule has 3 nitrogen and oxygen atoms in total. The van der Waals surface area contributed by atoms with Crippen molar-refractivity contribution in [1.29, 1.82) is 10.5 Å². The van der Waals surface area contributed by atoms with Gasteiger partial charge in [-0.3, -0.25) is 0 Å². The Morgan fingerprint density at radius 3 is 2.38 bits per heavy atom. The van der Waals surface area contributed by atoms with Crippen LogP contribution in [-0.2, 0) is 0 Å². The fourth-order valence-corrected chi connectivity index (χ4v) is 2.80. The summed E-state index contributed by atoms with van der Waals surface area (Å²) < 4.78 is 3.35. The molecule has 2 rings (SSSR count). The highest BCUT2D eigenvalue weighted by Crippen LogP contribution is 2.24. The smallest absolute Gasteiger partial charge is 0.130 e. The molecule has 0 saturated heterocycles. The number of nitrogens with zero attached hydrogens (tertiary/aromatic N) is 3. The van der Waals surface area contributed by atoms with Crippen molar-refractivity contribution in [3.63, 3.8) is 0 Å². The van der Waals surface area contributed by atoms with E-state index in [-0.39, 0.29) is 5.57 Å². The van der Waals surface area contributed by atoms with Gasteiger partial charge in [0.25, 0.3) is 0 Å². The summed E-state index contributed by atoms with van der Waals surface area (Å²) in [5, 5.41) is 17.8. The Hall–Kier alpha value is -2.05. The maximum absolute atomic E-state index is 8.89. The average Bonchev–Trinajstić information content (AvgIpc) is 2.74. The largest absolute Gasteiger partial charge is 0.318 e. The second-order valence-corrected chi connectivity index (χ2v) is 6.04. The van der Waals surface area contributed by atoms with E-state index in [2.05, 4.69) is 52.3 Å². The molecule has 0 aliphatic heterocycles. The van der Waals surface area contributed by atoms with E-state index in [4.69, 9.17) is 10.5 Å². The molecule has 1 aromatic heterocycles. The van der Waals surface area contributed by atoms with Gasteiger partial charge in [0, 0.05) is 20.6 Å². The SMILES string of the molecule is Cc1ccc(-n2c(C)cc(C=C(C#N)C#N)c2C)cc1I. The lowest BCUT2D eigenvalue weighted by Gasteiger charge is -2.11. The van der Waals surface area contributed by atoms with Crippen LogP contribution in [0.3, 0.4) is 0 Å². The number of aryl methyl sites for hydroxylation is 2. The minimum absolute atomic E-state index is 0.119. The van der Waals surface area contributed by atoms with Crippen molar-refractivity contribution in [2.24, 2.45) is 0 Å². The van der Waals surface area contributed by atoms with E-state index in [1.807, 2.05) is 32.1 Å². The minimum atomic E-state index is 0.119. The molecule has 0 fully saturated rings. The van der Waals surface area contributed by atoms with Gasteiger partial charge in [-0.1, -0.05) is 6.07 Å². The lowest BCUT2D eigenvalue weighted by molar-refractivity contribution is 0.962. The minimum Gasteiger partial charge on any atom is -0.318 e. The number of aromatic nitrogens is 1. The highest BCUT2D eigenvalue weighted by molar-refractivity contribution is 14.1. The standard InChI is InChI=1S/C17H14IN3/c1-11-4-5-16(8-17(11)18)21-12(2)6-15(13(21)3)7-14(9-19)10-20/h4-8H,1-3H3. The first kappa shape index (κ1) is 15.3. The third-order valence-corrected chi connectivity index (χ3v) is 4.59. The van der Waals surface area contributed by atoms with E-state index in [0.29, 0.717) is 0 Å². The van der Waals surface area contributed by atoms with Gasteiger partial charge in [-0.2, -0.15) is 10.5 Å². The molecule has 2 aromatic rings. The van der Waals surface area contributed by atoms with Crippen LogP contribution >= 0.6 is 22.6 Å². The first-order valence-corrected chi connectivity index (χ1v) is 7.53. The number of rotatable bonds is 2. The van der Waals surface area contributed by atoms with Gasteiger partial charge in [0.1, 0.15) is 17.7 Å². The highest BCUT2D eigenvalue weighted by atomic mass is 127. The first-order valence-electron chi connectivity index (χ1n) is 6.45. The van der Waals surface area contributed by atoms with E-state index in [1.54, 1.807) is 6.08 Å². The van der Waals surface area contributed by atoms with Crippen LogP contribution in [0.5, 0.6) is 0 Å². The molecule has 0 spiro atoms. The zero-order chi connectivity index (χ0) is 15.6. The summed E-state index contributed by atoms with van der Waals surface area (Å²) >= 11 is 2.33. The average molecular weight is 387 g/mol. The Labute approximate surface area is 138 Å². The van der Waals surface area contributed by atoms with Crippen LogP contribution in [0, 0.1) is 47.0 Å². The highest BCUT2D eigenvalue weighted by Gasteiger charge is 2.10. The molecule has 0 N–H and O–H groups in total. The Kier molecular flexibility index (Phi) is 4.50. The van der Waals surface area contributed by atoms with Crippen molar-refractivity contribution < 1.29 is 0 Å². The topological polar surface area (TPSA) is 52.5 Å². The zero-order valence-corrected chi connectivity index (χ0v) is 14.3. The number of hydrogen-bond acceptors (Lipinski definition) is 2.